The minimum atomic E-state index is 0.487. The molecule has 2 saturated carbocycles. The van der Waals surface area contributed by atoms with Crippen LogP contribution >= 0.6 is 0 Å². The Kier molecular flexibility index (Phi) is 2.37. The summed E-state index contributed by atoms with van der Waals surface area (Å²) in [7, 11) is 0. The van der Waals surface area contributed by atoms with Gasteiger partial charge in [-0.25, -0.2) is 0 Å². The molecule has 0 heterocycles. The fourth-order valence-electron chi connectivity index (χ4n) is 2.96. The lowest BCUT2D eigenvalue weighted by Gasteiger charge is -2.40. The normalized spacial score (nSPS) is 48.5. The van der Waals surface area contributed by atoms with Gasteiger partial charge >= 0.3 is 0 Å². The van der Waals surface area contributed by atoms with Crippen molar-refractivity contribution in [1.29, 1.82) is 0 Å². The maximum Gasteiger partial charge on any atom is 0.00416 e. The summed E-state index contributed by atoms with van der Waals surface area (Å²) >= 11 is 0. The van der Waals surface area contributed by atoms with Gasteiger partial charge in [0, 0.05) is 12.1 Å². The van der Waals surface area contributed by atoms with Crippen LogP contribution in [0.1, 0.15) is 38.5 Å². The highest BCUT2D eigenvalue weighted by molar-refractivity contribution is 4.88. The largest absolute Gasteiger partial charge is 0.328 e. The second-order valence-corrected chi connectivity index (χ2v) is 4.67. The van der Waals surface area contributed by atoms with Gasteiger partial charge in [-0.1, -0.05) is 0 Å². The van der Waals surface area contributed by atoms with E-state index < -0.39 is 0 Å². The molecule has 0 amide bonds. The van der Waals surface area contributed by atoms with Crippen molar-refractivity contribution in [2.75, 3.05) is 0 Å². The molecule has 0 aromatic rings. The molecule has 2 heteroatoms. The van der Waals surface area contributed by atoms with Crippen molar-refractivity contribution in [1.82, 2.24) is 0 Å². The smallest absolute Gasteiger partial charge is 0.00416 e. The topological polar surface area (TPSA) is 52.0 Å². The van der Waals surface area contributed by atoms with Gasteiger partial charge in [0.25, 0.3) is 0 Å². The summed E-state index contributed by atoms with van der Waals surface area (Å²) in [6.45, 7) is 0. The standard InChI is InChI=1S/C10H20N2/c11-9-3-1-7-5-10(12)4-2-8(7)6-9/h7-10H,1-6,11-12H2. The van der Waals surface area contributed by atoms with Crippen molar-refractivity contribution >= 4 is 0 Å². The van der Waals surface area contributed by atoms with Gasteiger partial charge in [0.2, 0.25) is 0 Å². The van der Waals surface area contributed by atoms with Crippen molar-refractivity contribution < 1.29 is 0 Å². The highest BCUT2D eigenvalue weighted by atomic mass is 14.7. The Hall–Kier alpha value is -0.0800. The van der Waals surface area contributed by atoms with Crippen molar-refractivity contribution in [3.63, 3.8) is 0 Å². The first kappa shape index (κ1) is 8.52. The molecule has 2 aliphatic carbocycles. The van der Waals surface area contributed by atoms with E-state index >= 15 is 0 Å². The van der Waals surface area contributed by atoms with Crippen LogP contribution in [-0.2, 0) is 0 Å². The van der Waals surface area contributed by atoms with Gasteiger partial charge < -0.3 is 11.5 Å². The molecule has 0 saturated heterocycles. The summed E-state index contributed by atoms with van der Waals surface area (Å²) in [5.74, 6) is 1.82. The molecule has 0 aromatic heterocycles. The quantitative estimate of drug-likeness (QED) is 0.572. The van der Waals surface area contributed by atoms with Gasteiger partial charge in [-0.05, 0) is 50.4 Å². The minimum Gasteiger partial charge on any atom is -0.328 e. The summed E-state index contributed by atoms with van der Waals surface area (Å²) in [6.07, 6.45) is 7.65. The summed E-state index contributed by atoms with van der Waals surface area (Å²) < 4.78 is 0. The Balaban J connectivity index is 1.94. The molecule has 2 fully saturated rings. The second kappa shape index (κ2) is 3.35. The lowest BCUT2D eigenvalue weighted by Crippen LogP contribution is -2.40. The van der Waals surface area contributed by atoms with Crippen molar-refractivity contribution in [3.05, 3.63) is 0 Å². The molecule has 0 spiro atoms. The van der Waals surface area contributed by atoms with E-state index in [4.69, 9.17) is 11.5 Å². The van der Waals surface area contributed by atoms with Gasteiger partial charge in [-0.15, -0.1) is 0 Å². The minimum absolute atomic E-state index is 0.487. The summed E-state index contributed by atoms with van der Waals surface area (Å²) in [5, 5.41) is 0. The van der Waals surface area contributed by atoms with Crippen LogP contribution in [0.25, 0.3) is 0 Å². The fourth-order valence-corrected chi connectivity index (χ4v) is 2.96. The predicted octanol–water partition coefficient (Wildman–Crippen LogP) is 1.24. The first-order valence-electron chi connectivity index (χ1n) is 5.27. The Bertz CT molecular complexity index is 140. The van der Waals surface area contributed by atoms with Crippen LogP contribution in [0, 0.1) is 11.8 Å². The average molecular weight is 168 g/mol. The monoisotopic (exact) mass is 168 g/mol. The molecule has 4 atom stereocenters. The van der Waals surface area contributed by atoms with Crippen LogP contribution in [0.3, 0.4) is 0 Å². The third-order valence-corrected chi connectivity index (χ3v) is 3.69. The maximum absolute atomic E-state index is 5.95. The van der Waals surface area contributed by atoms with E-state index in [2.05, 4.69) is 0 Å². The molecule has 2 aliphatic rings. The number of fused-ring (bicyclic) bond motifs is 1. The Morgan fingerprint density at radius 3 is 1.50 bits per heavy atom. The van der Waals surface area contributed by atoms with Crippen LogP contribution in [-0.4, -0.2) is 12.1 Å². The van der Waals surface area contributed by atoms with Crippen LogP contribution in [0.5, 0.6) is 0 Å². The van der Waals surface area contributed by atoms with Gasteiger partial charge in [0.1, 0.15) is 0 Å². The third-order valence-electron chi connectivity index (χ3n) is 3.69. The highest BCUT2D eigenvalue weighted by Crippen LogP contribution is 2.39. The molecule has 70 valence electrons. The molecule has 4 unspecified atom stereocenters. The van der Waals surface area contributed by atoms with E-state index in [-0.39, 0.29) is 0 Å². The molecule has 0 aromatic carbocycles. The number of nitrogens with two attached hydrogens (primary N) is 2. The predicted molar refractivity (Wildman–Crippen MR) is 50.6 cm³/mol. The summed E-state index contributed by atoms with van der Waals surface area (Å²) in [5.41, 5.74) is 11.9. The summed E-state index contributed by atoms with van der Waals surface area (Å²) in [4.78, 5) is 0. The molecule has 0 radical (unpaired) electrons. The van der Waals surface area contributed by atoms with E-state index in [0.717, 1.165) is 11.8 Å². The first-order valence-corrected chi connectivity index (χ1v) is 5.27. The van der Waals surface area contributed by atoms with E-state index in [0.29, 0.717) is 12.1 Å². The van der Waals surface area contributed by atoms with Gasteiger partial charge in [-0.3, -0.25) is 0 Å². The third kappa shape index (κ3) is 1.64. The van der Waals surface area contributed by atoms with Crippen LogP contribution in [0.4, 0.5) is 0 Å². The summed E-state index contributed by atoms with van der Waals surface area (Å²) in [6, 6.07) is 0.973. The maximum atomic E-state index is 5.95. The van der Waals surface area contributed by atoms with Crippen LogP contribution in [0.2, 0.25) is 0 Å². The van der Waals surface area contributed by atoms with Gasteiger partial charge in [0.05, 0.1) is 0 Å². The lowest BCUT2D eigenvalue weighted by molar-refractivity contribution is 0.144. The zero-order chi connectivity index (χ0) is 8.55. The SMILES string of the molecule is NC1CCC2CC(N)CCC2C1. The van der Waals surface area contributed by atoms with Crippen molar-refractivity contribution in [3.8, 4) is 0 Å². The molecule has 12 heavy (non-hydrogen) atoms. The molecule has 4 N–H and O–H groups in total. The number of rotatable bonds is 0. The van der Waals surface area contributed by atoms with E-state index in [9.17, 15) is 0 Å². The number of hydrogen-bond acceptors (Lipinski definition) is 2. The molecule has 2 nitrogen and oxygen atoms in total. The molecule has 0 aliphatic heterocycles. The van der Waals surface area contributed by atoms with E-state index in [1.54, 1.807) is 0 Å². The lowest BCUT2D eigenvalue weighted by atomic mass is 9.68. The van der Waals surface area contributed by atoms with Crippen molar-refractivity contribution in [2.24, 2.45) is 23.3 Å². The van der Waals surface area contributed by atoms with Crippen LogP contribution in [0.15, 0.2) is 0 Å². The number of hydrogen-bond donors (Lipinski definition) is 2. The second-order valence-electron chi connectivity index (χ2n) is 4.67. The Labute approximate surface area is 74.7 Å². The van der Waals surface area contributed by atoms with Crippen LogP contribution < -0.4 is 11.5 Å². The highest BCUT2D eigenvalue weighted by Gasteiger charge is 2.33. The first-order chi connectivity index (χ1) is 5.75. The Morgan fingerprint density at radius 1 is 0.667 bits per heavy atom. The Morgan fingerprint density at radius 2 is 1.08 bits per heavy atom. The molecule has 0 bridgehead atoms. The molecular formula is C10H20N2. The zero-order valence-corrected chi connectivity index (χ0v) is 7.71. The van der Waals surface area contributed by atoms with Crippen molar-refractivity contribution in [2.45, 2.75) is 50.6 Å². The fraction of sp³-hybridized carbons (Fsp3) is 1.00. The van der Waals surface area contributed by atoms with Gasteiger partial charge in [-0.2, -0.15) is 0 Å². The molecule has 2 rings (SSSR count). The van der Waals surface area contributed by atoms with Gasteiger partial charge in [0.15, 0.2) is 0 Å². The van der Waals surface area contributed by atoms with E-state index in [1.165, 1.54) is 38.5 Å². The van der Waals surface area contributed by atoms with E-state index in [1.807, 2.05) is 0 Å². The molecular weight excluding hydrogens is 148 g/mol. The average Bonchev–Trinajstić information content (AvgIpc) is 2.05. The zero-order valence-electron chi connectivity index (χ0n) is 7.71.